The van der Waals surface area contributed by atoms with Crippen LogP contribution in [-0.2, 0) is 16.1 Å². The van der Waals surface area contributed by atoms with Crippen LogP contribution in [0, 0.1) is 12.8 Å². The zero-order valence-electron chi connectivity index (χ0n) is 14.0. The average molecular weight is 326 g/mol. The average Bonchev–Trinajstić information content (AvgIpc) is 3.17. The third-order valence-electron chi connectivity index (χ3n) is 4.25. The molecule has 1 aromatic carbocycles. The Morgan fingerprint density at radius 3 is 2.79 bits per heavy atom. The molecule has 2 heterocycles. The monoisotopic (exact) mass is 326 g/mol. The molecule has 6 heteroatoms. The molecule has 1 aliphatic rings. The van der Waals surface area contributed by atoms with Crippen LogP contribution in [0.4, 0.5) is 5.69 Å². The van der Waals surface area contributed by atoms with E-state index < -0.39 is 0 Å². The van der Waals surface area contributed by atoms with Gasteiger partial charge >= 0.3 is 0 Å². The first-order valence-corrected chi connectivity index (χ1v) is 8.18. The number of amides is 2. The van der Waals surface area contributed by atoms with E-state index in [2.05, 4.69) is 10.4 Å². The Morgan fingerprint density at radius 1 is 1.38 bits per heavy atom. The van der Waals surface area contributed by atoms with E-state index in [9.17, 15) is 9.59 Å². The normalized spacial score (nSPS) is 18.7. The number of aryl methyl sites for hydroxylation is 1. The van der Waals surface area contributed by atoms with E-state index in [4.69, 9.17) is 0 Å². The zero-order chi connectivity index (χ0) is 17.1. The maximum absolute atomic E-state index is 12.4. The summed E-state index contributed by atoms with van der Waals surface area (Å²) in [6.45, 7) is 4.99. The highest BCUT2D eigenvalue weighted by molar-refractivity contribution is 6.00. The first-order valence-electron chi connectivity index (χ1n) is 8.18. The Kier molecular flexibility index (Phi) is 4.64. The van der Waals surface area contributed by atoms with Crippen molar-refractivity contribution in [3.05, 3.63) is 48.3 Å². The molecule has 2 amide bonds. The van der Waals surface area contributed by atoms with Crippen molar-refractivity contribution in [2.24, 2.45) is 5.92 Å². The molecule has 1 aromatic heterocycles. The van der Waals surface area contributed by atoms with Crippen molar-refractivity contribution in [2.75, 3.05) is 11.4 Å². The first-order chi connectivity index (χ1) is 11.5. The number of rotatable bonds is 5. The number of hydrogen-bond acceptors (Lipinski definition) is 3. The Bertz CT molecular complexity index is 709. The summed E-state index contributed by atoms with van der Waals surface area (Å²) in [7, 11) is 0. The van der Waals surface area contributed by atoms with Crippen LogP contribution < -0.4 is 10.2 Å². The molecule has 3 rings (SSSR count). The Balaban J connectivity index is 1.58. The van der Waals surface area contributed by atoms with E-state index in [1.54, 1.807) is 15.8 Å². The largest absolute Gasteiger partial charge is 0.351 e. The summed E-state index contributed by atoms with van der Waals surface area (Å²) < 4.78 is 1.78. The molecule has 2 unspecified atom stereocenters. The van der Waals surface area contributed by atoms with E-state index in [1.165, 1.54) is 0 Å². The molecule has 2 atom stereocenters. The van der Waals surface area contributed by atoms with Crippen LogP contribution in [0.1, 0.15) is 18.9 Å². The molecular weight excluding hydrogens is 304 g/mol. The number of anilines is 1. The van der Waals surface area contributed by atoms with E-state index in [1.807, 2.05) is 50.4 Å². The molecule has 0 spiro atoms. The van der Waals surface area contributed by atoms with Crippen molar-refractivity contribution in [3.8, 4) is 0 Å². The molecule has 0 aliphatic carbocycles. The lowest BCUT2D eigenvalue weighted by molar-refractivity contribution is -0.126. The van der Waals surface area contributed by atoms with Gasteiger partial charge in [0.1, 0.15) is 0 Å². The van der Waals surface area contributed by atoms with Crippen LogP contribution in [0.15, 0.2) is 42.7 Å². The molecule has 126 valence electrons. The summed E-state index contributed by atoms with van der Waals surface area (Å²) in [5, 5.41) is 7.12. The van der Waals surface area contributed by atoms with Gasteiger partial charge in [0.05, 0.1) is 12.5 Å². The van der Waals surface area contributed by atoms with E-state index >= 15 is 0 Å². The van der Waals surface area contributed by atoms with Crippen molar-refractivity contribution in [2.45, 2.75) is 32.9 Å². The van der Waals surface area contributed by atoms with Crippen molar-refractivity contribution in [3.63, 3.8) is 0 Å². The van der Waals surface area contributed by atoms with Crippen LogP contribution >= 0.6 is 0 Å². The predicted octanol–water partition coefficient (Wildman–Crippen LogP) is 1.75. The van der Waals surface area contributed by atoms with E-state index in [0.717, 1.165) is 11.3 Å². The van der Waals surface area contributed by atoms with Gasteiger partial charge in [-0.3, -0.25) is 14.3 Å². The molecule has 1 saturated heterocycles. The quantitative estimate of drug-likeness (QED) is 0.910. The second-order valence-electron chi connectivity index (χ2n) is 6.38. The highest BCUT2D eigenvalue weighted by Crippen LogP contribution is 2.25. The minimum atomic E-state index is -0.307. The van der Waals surface area contributed by atoms with Crippen LogP contribution in [0.3, 0.4) is 0 Å². The van der Waals surface area contributed by atoms with Crippen LogP contribution in [0.25, 0.3) is 0 Å². The highest BCUT2D eigenvalue weighted by Gasteiger charge is 2.35. The van der Waals surface area contributed by atoms with Gasteiger partial charge in [0.15, 0.2) is 0 Å². The lowest BCUT2D eigenvalue weighted by Gasteiger charge is -2.18. The number of carbonyl (C=O) groups excluding carboxylic acids is 2. The lowest BCUT2D eigenvalue weighted by Crippen LogP contribution is -2.40. The third-order valence-corrected chi connectivity index (χ3v) is 4.25. The van der Waals surface area contributed by atoms with Gasteiger partial charge in [0.2, 0.25) is 11.8 Å². The van der Waals surface area contributed by atoms with Crippen molar-refractivity contribution in [1.82, 2.24) is 15.1 Å². The lowest BCUT2D eigenvalue weighted by atomic mass is 10.1. The van der Waals surface area contributed by atoms with Gasteiger partial charge in [-0.1, -0.05) is 17.7 Å². The summed E-state index contributed by atoms with van der Waals surface area (Å²) in [5.74, 6) is -0.379. The summed E-state index contributed by atoms with van der Waals surface area (Å²) in [6.07, 6.45) is 3.83. The molecule has 0 radical (unpaired) electrons. The molecule has 1 aliphatic heterocycles. The number of aromatic nitrogens is 2. The molecular formula is C18H22N4O2. The topological polar surface area (TPSA) is 67.2 Å². The maximum Gasteiger partial charge on any atom is 0.227 e. The smallest absolute Gasteiger partial charge is 0.227 e. The number of nitrogens with zero attached hydrogens (tertiary/aromatic N) is 3. The predicted molar refractivity (Wildman–Crippen MR) is 91.5 cm³/mol. The fourth-order valence-corrected chi connectivity index (χ4v) is 2.95. The van der Waals surface area contributed by atoms with Crippen LogP contribution in [0.5, 0.6) is 0 Å². The maximum atomic E-state index is 12.4. The fourth-order valence-electron chi connectivity index (χ4n) is 2.95. The first kappa shape index (κ1) is 16.2. The van der Waals surface area contributed by atoms with Gasteiger partial charge in [-0.25, -0.2) is 0 Å². The van der Waals surface area contributed by atoms with Crippen molar-refractivity contribution >= 4 is 17.5 Å². The molecule has 24 heavy (non-hydrogen) atoms. The second kappa shape index (κ2) is 6.86. The third kappa shape index (κ3) is 3.64. The molecule has 6 nitrogen and oxygen atoms in total. The number of carbonyl (C=O) groups is 2. The molecule has 1 fully saturated rings. The highest BCUT2D eigenvalue weighted by atomic mass is 16.2. The van der Waals surface area contributed by atoms with E-state index in [-0.39, 0.29) is 30.2 Å². The van der Waals surface area contributed by atoms with Crippen molar-refractivity contribution in [1.29, 1.82) is 0 Å². The van der Waals surface area contributed by atoms with Crippen LogP contribution in [-0.4, -0.2) is 34.2 Å². The summed E-state index contributed by atoms with van der Waals surface area (Å²) >= 11 is 0. The summed E-state index contributed by atoms with van der Waals surface area (Å²) in [6, 6.07) is 9.61. The molecule has 2 aromatic rings. The standard InChI is InChI=1S/C18H22N4O2/c1-13-4-6-16(7-5-13)22-12-15(10-17(22)23)18(24)20-14(2)11-21-9-3-8-19-21/h3-9,14-15H,10-12H2,1-2H3,(H,20,24). The number of hydrogen-bond donors (Lipinski definition) is 1. The fraction of sp³-hybridized carbons (Fsp3) is 0.389. The minimum Gasteiger partial charge on any atom is -0.351 e. The van der Waals surface area contributed by atoms with Gasteiger partial charge in [-0.15, -0.1) is 0 Å². The number of nitrogens with one attached hydrogen (secondary N) is 1. The van der Waals surface area contributed by atoms with Gasteiger partial charge in [-0.2, -0.15) is 5.10 Å². The van der Waals surface area contributed by atoms with Gasteiger partial charge in [0, 0.05) is 37.1 Å². The van der Waals surface area contributed by atoms with Crippen molar-refractivity contribution < 1.29 is 9.59 Å². The van der Waals surface area contributed by atoms with Gasteiger partial charge in [-0.05, 0) is 32.0 Å². The van der Waals surface area contributed by atoms with Gasteiger partial charge < -0.3 is 10.2 Å². The summed E-state index contributed by atoms with van der Waals surface area (Å²) in [4.78, 5) is 26.4. The SMILES string of the molecule is Cc1ccc(N2CC(C(=O)NC(C)Cn3cccn3)CC2=O)cc1. The number of benzene rings is 1. The summed E-state index contributed by atoms with van der Waals surface area (Å²) in [5.41, 5.74) is 2.00. The van der Waals surface area contributed by atoms with Gasteiger partial charge in [0.25, 0.3) is 0 Å². The Labute approximate surface area is 141 Å². The Hall–Kier alpha value is -2.63. The second-order valence-corrected chi connectivity index (χ2v) is 6.38. The Morgan fingerprint density at radius 2 is 2.12 bits per heavy atom. The van der Waals surface area contributed by atoms with Crippen LogP contribution in [0.2, 0.25) is 0 Å². The molecule has 1 N–H and O–H groups in total. The van der Waals surface area contributed by atoms with E-state index in [0.29, 0.717) is 13.1 Å². The molecule has 0 saturated carbocycles. The molecule has 0 bridgehead atoms. The zero-order valence-corrected chi connectivity index (χ0v) is 14.0. The minimum absolute atomic E-state index is 0.00117.